The van der Waals surface area contributed by atoms with Crippen molar-refractivity contribution in [2.45, 2.75) is 371 Å². The summed E-state index contributed by atoms with van der Waals surface area (Å²) in [5, 5.41) is 54.6. The summed E-state index contributed by atoms with van der Waals surface area (Å²) in [6.07, 6.45) is 60.0. The van der Waals surface area contributed by atoms with E-state index in [-0.39, 0.29) is 12.5 Å². The van der Waals surface area contributed by atoms with E-state index in [1.54, 1.807) is 0 Å². The second-order valence-electron chi connectivity index (χ2n) is 22.6. The van der Waals surface area contributed by atoms with Crippen LogP contribution in [0.4, 0.5) is 0 Å². The third kappa shape index (κ3) is 42.1. The van der Waals surface area contributed by atoms with Crippen molar-refractivity contribution >= 4 is 5.91 Å². The molecule has 1 rings (SSSR count). The number of unbranched alkanes of at least 4 members (excludes halogenated alkanes) is 44. The highest BCUT2D eigenvalue weighted by Crippen LogP contribution is 2.24. The van der Waals surface area contributed by atoms with Crippen LogP contribution in [0.15, 0.2) is 12.2 Å². The monoisotopic (exact) mass is 1020 g/mol. The van der Waals surface area contributed by atoms with E-state index in [2.05, 4.69) is 31.3 Å². The van der Waals surface area contributed by atoms with Crippen molar-refractivity contribution in [3.05, 3.63) is 12.2 Å². The van der Waals surface area contributed by atoms with Crippen molar-refractivity contribution in [3.63, 3.8) is 0 Å². The molecular formula is C63H123NO8. The fraction of sp³-hybridized carbons (Fsp3) is 0.952. The van der Waals surface area contributed by atoms with Crippen LogP contribution in [0.25, 0.3) is 0 Å². The molecule has 72 heavy (non-hydrogen) atoms. The van der Waals surface area contributed by atoms with Crippen molar-refractivity contribution in [3.8, 4) is 0 Å². The molecule has 0 aromatic heterocycles. The molecule has 7 unspecified atom stereocenters. The molecule has 1 amide bonds. The van der Waals surface area contributed by atoms with Crippen molar-refractivity contribution < 1.29 is 39.8 Å². The van der Waals surface area contributed by atoms with Gasteiger partial charge < -0.3 is 40.3 Å². The van der Waals surface area contributed by atoms with Gasteiger partial charge in [-0.3, -0.25) is 4.79 Å². The average molecular weight is 1020 g/mol. The summed E-state index contributed by atoms with van der Waals surface area (Å²) < 4.78 is 11.3. The van der Waals surface area contributed by atoms with Crippen LogP contribution in [-0.4, -0.2) is 87.5 Å². The minimum atomic E-state index is -1.55. The van der Waals surface area contributed by atoms with Crippen molar-refractivity contribution in [2.24, 2.45) is 0 Å². The van der Waals surface area contributed by atoms with E-state index in [4.69, 9.17) is 9.47 Å². The number of allylic oxidation sites excluding steroid dienone is 2. The van der Waals surface area contributed by atoms with E-state index in [0.717, 1.165) is 38.5 Å². The first-order chi connectivity index (χ1) is 35.3. The zero-order valence-corrected chi connectivity index (χ0v) is 47.7. The van der Waals surface area contributed by atoms with E-state index in [1.807, 2.05) is 0 Å². The van der Waals surface area contributed by atoms with Crippen LogP contribution in [0.1, 0.15) is 328 Å². The molecule has 9 nitrogen and oxygen atoms in total. The smallest absolute Gasteiger partial charge is 0.220 e. The number of hydrogen-bond acceptors (Lipinski definition) is 8. The van der Waals surface area contributed by atoms with Gasteiger partial charge in [-0.25, -0.2) is 0 Å². The lowest BCUT2D eigenvalue weighted by Crippen LogP contribution is -2.60. The quantitative estimate of drug-likeness (QED) is 0.0261. The van der Waals surface area contributed by atoms with Crippen LogP contribution in [0, 0.1) is 0 Å². The van der Waals surface area contributed by atoms with Crippen LogP contribution < -0.4 is 5.32 Å². The van der Waals surface area contributed by atoms with Gasteiger partial charge in [0, 0.05) is 6.42 Å². The van der Waals surface area contributed by atoms with Crippen LogP contribution in [0.3, 0.4) is 0 Å². The molecule has 1 aliphatic rings. The maximum absolute atomic E-state index is 13.1. The molecule has 9 heteroatoms. The zero-order chi connectivity index (χ0) is 52.2. The number of nitrogens with one attached hydrogen (secondary N) is 1. The van der Waals surface area contributed by atoms with Gasteiger partial charge in [-0.15, -0.1) is 0 Å². The maximum atomic E-state index is 13.1. The number of aliphatic hydroxyl groups excluding tert-OH is 5. The second kappa shape index (κ2) is 53.3. The van der Waals surface area contributed by atoms with Crippen molar-refractivity contribution in [1.82, 2.24) is 5.32 Å². The number of carbonyl (C=O) groups excluding carboxylic acids is 1. The Morgan fingerprint density at radius 3 is 1.12 bits per heavy atom. The van der Waals surface area contributed by atoms with Gasteiger partial charge in [0.25, 0.3) is 0 Å². The molecule has 1 fully saturated rings. The van der Waals surface area contributed by atoms with Gasteiger partial charge >= 0.3 is 0 Å². The van der Waals surface area contributed by atoms with Gasteiger partial charge in [-0.2, -0.15) is 0 Å². The largest absolute Gasteiger partial charge is 0.394 e. The standard InChI is InChI=1S/C63H123NO8/c1-3-5-7-9-11-13-15-17-18-19-20-21-22-23-24-25-26-27-28-29-30-31-32-33-34-35-36-37-38-39-40-41-43-45-47-49-51-53-59(67)64-56(55-71-63-62(70)61(69)60(68)58(54-65)72-63)57(66)52-50-48-46-44-42-16-14-12-10-8-6-4-2/h19-20,56-58,60-63,65-66,68-70H,3-18,21-55H2,1-2H3,(H,64,67)/b20-19-. The number of rotatable bonds is 56. The molecule has 7 atom stereocenters. The highest BCUT2D eigenvalue weighted by Gasteiger charge is 2.44. The number of amides is 1. The number of hydrogen-bond donors (Lipinski definition) is 6. The van der Waals surface area contributed by atoms with Gasteiger partial charge in [0.1, 0.15) is 24.4 Å². The van der Waals surface area contributed by atoms with Crippen LogP contribution in [0.2, 0.25) is 0 Å². The molecule has 0 saturated carbocycles. The fourth-order valence-corrected chi connectivity index (χ4v) is 10.6. The Bertz CT molecular complexity index is 1140. The topological polar surface area (TPSA) is 149 Å². The molecule has 0 spiro atoms. The van der Waals surface area contributed by atoms with Crippen molar-refractivity contribution in [1.29, 1.82) is 0 Å². The number of ether oxygens (including phenoxy) is 2. The lowest BCUT2D eigenvalue weighted by atomic mass is 9.99. The molecule has 0 aliphatic carbocycles. The third-order valence-corrected chi connectivity index (χ3v) is 15.6. The van der Waals surface area contributed by atoms with Crippen LogP contribution in [-0.2, 0) is 14.3 Å². The lowest BCUT2D eigenvalue weighted by Gasteiger charge is -2.40. The average Bonchev–Trinajstić information content (AvgIpc) is 3.38. The predicted octanol–water partition coefficient (Wildman–Crippen LogP) is 16.4. The molecule has 0 bridgehead atoms. The van der Waals surface area contributed by atoms with E-state index < -0.39 is 49.5 Å². The Kier molecular flexibility index (Phi) is 51.1. The second-order valence-corrected chi connectivity index (χ2v) is 22.6. The molecule has 6 N–H and O–H groups in total. The highest BCUT2D eigenvalue weighted by molar-refractivity contribution is 5.76. The number of aliphatic hydroxyl groups is 5. The molecule has 0 aromatic rings. The molecule has 428 valence electrons. The Hall–Kier alpha value is -1.07. The molecule has 0 radical (unpaired) electrons. The molecule has 1 saturated heterocycles. The van der Waals surface area contributed by atoms with Gasteiger partial charge in [-0.05, 0) is 38.5 Å². The zero-order valence-electron chi connectivity index (χ0n) is 47.7. The van der Waals surface area contributed by atoms with Crippen LogP contribution >= 0.6 is 0 Å². The van der Waals surface area contributed by atoms with E-state index in [1.165, 1.54) is 263 Å². The van der Waals surface area contributed by atoms with Gasteiger partial charge in [-0.1, -0.05) is 296 Å². The summed E-state index contributed by atoms with van der Waals surface area (Å²) in [6.45, 7) is 3.86. The Morgan fingerprint density at radius 2 is 0.778 bits per heavy atom. The first-order valence-corrected chi connectivity index (χ1v) is 31.9. The lowest BCUT2D eigenvalue weighted by molar-refractivity contribution is -0.302. The summed E-state index contributed by atoms with van der Waals surface area (Å²) in [4.78, 5) is 13.1. The van der Waals surface area contributed by atoms with Crippen LogP contribution in [0.5, 0.6) is 0 Å². The first-order valence-electron chi connectivity index (χ1n) is 31.9. The van der Waals surface area contributed by atoms with E-state index in [9.17, 15) is 30.3 Å². The molecule has 1 heterocycles. The van der Waals surface area contributed by atoms with Gasteiger partial charge in [0.05, 0.1) is 25.4 Å². The first kappa shape index (κ1) is 68.9. The van der Waals surface area contributed by atoms with E-state index >= 15 is 0 Å². The fourth-order valence-electron chi connectivity index (χ4n) is 10.6. The Balaban J connectivity index is 2.01. The summed E-state index contributed by atoms with van der Waals surface area (Å²) in [6, 6.07) is -0.714. The summed E-state index contributed by atoms with van der Waals surface area (Å²) in [7, 11) is 0. The number of carbonyl (C=O) groups is 1. The molecule has 1 aliphatic heterocycles. The Morgan fingerprint density at radius 1 is 0.458 bits per heavy atom. The van der Waals surface area contributed by atoms with Gasteiger partial charge in [0.2, 0.25) is 5.91 Å². The predicted molar refractivity (Wildman–Crippen MR) is 304 cm³/mol. The normalized spacial score (nSPS) is 19.1. The van der Waals surface area contributed by atoms with E-state index in [0.29, 0.717) is 12.8 Å². The third-order valence-electron chi connectivity index (χ3n) is 15.6. The maximum Gasteiger partial charge on any atom is 0.220 e. The molecular weight excluding hydrogens is 899 g/mol. The molecule has 0 aromatic carbocycles. The van der Waals surface area contributed by atoms with Gasteiger partial charge in [0.15, 0.2) is 6.29 Å². The summed E-state index contributed by atoms with van der Waals surface area (Å²) in [5.41, 5.74) is 0. The summed E-state index contributed by atoms with van der Waals surface area (Å²) in [5.74, 6) is -0.138. The minimum Gasteiger partial charge on any atom is -0.394 e. The minimum absolute atomic E-state index is 0.132. The van der Waals surface area contributed by atoms with Crippen molar-refractivity contribution in [2.75, 3.05) is 13.2 Å². The Labute approximate surface area is 446 Å². The summed E-state index contributed by atoms with van der Waals surface area (Å²) >= 11 is 0. The SMILES string of the molecule is CCCCCCCCCC/C=C\CCCCCCCCCCCCCCCCCCCCCCCCCCCC(=O)NC(COC1OC(CO)C(O)C(O)C1O)C(O)CCCCCCCCCCCCCC. The highest BCUT2D eigenvalue weighted by atomic mass is 16.7.